The number of hydrogen-bond donors (Lipinski definition) is 2. The van der Waals surface area contributed by atoms with Crippen LogP contribution < -0.4 is 0 Å². The standard InChI is InChI=1S/C26H23F2NO4/c1-26(2,14-33-3)24-21(15-4-6-16(7-5-15)25(31)32)22-20(13-12-19(28)23(22)30)29(24)18-10-8-17(27)9-11-18/h4-13,30H,14H2,1-3H3,(H,31,32). The van der Waals surface area contributed by atoms with Crippen LogP contribution in [-0.2, 0) is 10.2 Å². The highest BCUT2D eigenvalue weighted by Gasteiger charge is 2.33. The molecule has 0 unspecified atom stereocenters. The van der Waals surface area contributed by atoms with Gasteiger partial charge in [-0.25, -0.2) is 13.6 Å². The molecule has 0 bridgehead atoms. The molecular weight excluding hydrogens is 428 g/mol. The molecule has 33 heavy (non-hydrogen) atoms. The van der Waals surface area contributed by atoms with Gasteiger partial charge in [0, 0.05) is 29.5 Å². The van der Waals surface area contributed by atoms with Crippen LogP contribution in [0.4, 0.5) is 8.78 Å². The summed E-state index contributed by atoms with van der Waals surface area (Å²) in [4.78, 5) is 11.3. The fourth-order valence-corrected chi connectivity index (χ4v) is 4.33. The molecule has 4 rings (SSSR count). The predicted octanol–water partition coefficient (Wildman–Crippen LogP) is 5.90. The number of carboxylic acid groups (broad SMARTS) is 1. The van der Waals surface area contributed by atoms with E-state index in [-0.39, 0.29) is 10.9 Å². The number of halogens is 2. The Labute approximate surface area is 189 Å². The fourth-order valence-electron chi connectivity index (χ4n) is 4.33. The molecule has 0 fully saturated rings. The van der Waals surface area contributed by atoms with Crippen molar-refractivity contribution in [1.82, 2.24) is 4.57 Å². The van der Waals surface area contributed by atoms with Crippen LogP contribution in [0.3, 0.4) is 0 Å². The molecule has 0 saturated carbocycles. The van der Waals surface area contributed by atoms with E-state index in [4.69, 9.17) is 4.74 Å². The topological polar surface area (TPSA) is 71.7 Å². The van der Waals surface area contributed by atoms with Crippen molar-refractivity contribution >= 4 is 16.9 Å². The number of ether oxygens (including phenoxy) is 1. The maximum Gasteiger partial charge on any atom is 0.335 e. The number of phenolic OH excluding ortho intramolecular Hbond substituents is 1. The second-order valence-electron chi connectivity index (χ2n) is 8.52. The van der Waals surface area contributed by atoms with Gasteiger partial charge in [-0.05, 0) is 54.1 Å². The minimum atomic E-state index is -1.07. The Morgan fingerprint density at radius 2 is 1.64 bits per heavy atom. The molecule has 4 aromatic rings. The normalized spacial score (nSPS) is 11.8. The second kappa shape index (κ2) is 8.33. The van der Waals surface area contributed by atoms with Crippen molar-refractivity contribution in [2.75, 3.05) is 13.7 Å². The van der Waals surface area contributed by atoms with Crippen LogP contribution in [0.15, 0.2) is 60.7 Å². The van der Waals surface area contributed by atoms with E-state index in [0.717, 1.165) is 0 Å². The first-order valence-corrected chi connectivity index (χ1v) is 10.3. The summed E-state index contributed by atoms with van der Waals surface area (Å²) in [6.45, 7) is 4.20. The smallest absolute Gasteiger partial charge is 0.335 e. The van der Waals surface area contributed by atoms with Crippen LogP contribution >= 0.6 is 0 Å². The van der Waals surface area contributed by atoms with Crippen LogP contribution in [0.1, 0.15) is 29.9 Å². The number of rotatable bonds is 6. The number of carboxylic acids is 1. The second-order valence-corrected chi connectivity index (χ2v) is 8.52. The molecule has 0 saturated heterocycles. The lowest BCUT2D eigenvalue weighted by Gasteiger charge is -2.28. The maximum atomic E-state index is 14.5. The van der Waals surface area contributed by atoms with Gasteiger partial charge in [0.25, 0.3) is 0 Å². The quantitative estimate of drug-likeness (QED) is 0.383. The van der Waals surface area contributed by atoms with E-state index in [1.54, 1.807) is 37.4 Å². The molecule has 3 aromatic carbocycles. The first-order valence-electron chi connectivity index (χ1n) is 10.3. The van der Waals surface area contributed by atoms with E-state index >= 15 is 0 Å². The molecule has 0 atom stereocenters. The number of hydrogen-bond acceptors (Lipinski definition) is 3. The van der Waals surface area contributed by atoms with Gasteiger partial charge in [-0.3, -0.25) is 0 Å². The molecule has 1 aromatic heterocycles. The number of nitrogens with zero attached hydrogens (tertiary/aromatic N) is 1. The summed E-state index contributed by atoms with van der Waals surface area (Å²) < 4.78 is 35.6. The van der Waals surface area contributed by atoms with Gasteiger partial charge in [0.2, 0.25) is 0 Å². The van der Waals surface area contributed by atoms with Gasteiger partial charge in [0.15, 0.2) is 11.6 Å². The van der Waals surface area contributed by atoms with Crippen LogP contribution in [0.2, 0.25) is 0 Å². The third-order valence-corrected chi connectivity index (χ3v) is 5.71. The van der Waals surface area contributed by atoms with Gasteiger partial charge >= 0.3 is 5.97 Å². The number of aromatic carboxylic acids is 1. The molecule has 0 radical (unpaired) electrons. The number of fused-ring (bicyclic) bond motifs is 1. The summed E-state index contributed by atoms with van der Waals surface area (Å²) in [5.41, 5.74) is 2.48. The number of carbonyl (C=O) groups is 1. The largest absolute Gasteiger partial charge is 0.504 e. The van der Waals surface area contributed by atoms with E-state index in [0.29, 0.717) is 34.6 Å². The lowest BCUT2D eigenvalue weighted by Crippen LogP contribution is -2.27. The SMILES string of the molecule is COCC(C)(C)c1c(-c2ccc(C(=O)O)cc2)c2c(O)c(F)ccc2n1-c1ccc(F)cc1. The van der Waals surface area contributed by atoms with Crippen molar-refractivity contribution in [3.63, 3.8) is 0 Å². The summed E-state index contributed by atoms with van der Waals surface area (Å²) in [6.07, 6.45) is 0. The first-order chi connectivity index (χ1) is 15.7. The summed E-state index contributed by atoms with van der Waals surface area (Å²) >= 11 is 0. The van der Waals surface area contributed by atoms with Gasteiger partial charge < -0.3 is 19.5 Å². The number of aromatic nitrogens is 1. The lowest BCUT2D eigenvalue weighted by atomic mass is 9.84. The van der Waals surface area contributed by atoms with Crippen LogP contribution in [-0.4, -0.2) is 34.5 Å². The van der Waals surface area contributed by atoms with E-state index < -0.39 is 28.8 Å². The minimum absolute atomic E-state index is 0.106. The van der Waals surface area contributed by atoms with Gasteiger partial charge in [-0.1, -0.05) is 26.0 Å². The Kier molecular flexibility index (Phi) is 5.68. The van der Waals surface area contributed by atoms with Crippen molar-refractivity contribution < 1.29 is 28.5 Å². The van der Waals surface area contributed by atoms with Gasteiger partial charge in [-0.2, -0.15) is 0 Å². The summed E-state index contributed by atoms with van der Waals surface area (Å²) in [6, 6.07) is 14.8. The van der Waals surface area contributed by atoms with Crippen molar-refractivity contribution in [1.29, 1.82) is 0 Å². The monoisotopic (exact) mass is 451 g/mol. The van der Waals surface area contributed by atoms with E-state index in [2.05, 4.69) is 0 Å². The Morgan fingerprint density at radius 3 is 2.21 bits per heavy atom. The Morgan fingerprint density at radius 1 is 1.00 bits per heavy atom. The van der Waals surface area contributed by atoms with Crippen LogP contribution in [0.5, 0.6) is 5.75 Å². The summed E-state index contributed by atoms with van der Waals surface area (Å²) in [5, 5.41) is 20.4. The Balaban J connectivity index is 2.18. The van der Waals surface area contributed by atoms with Gasteiger partial charge in [0.05, 0.1) is 23.1 Å². The van der Waals surface area contributed by atoms with Crippen molar-refractivity contribution in [3.05, 3.63) is 83.6 Å². The molecule has 1 heterocycles. The first kappa shape index (κ1) is 22.5. The zero-order valence-corrected chi connectivity index (χ0v) is 18.4. The Hall–Kier alpha value is -3.71. The molecule has 7 heteroatoms. The highest BCUT2D eigenvalue weighted by molar-refractivity contribution is 6.04. The Bertz CT molecular complexity index is 1340. The van der Waals surface area contributed by atoms with Crippen molar-refractivity contribution in [3.8, 4) is 22.6 Å². The molecular formula is C26H23F2NO4. The average molecular weight is 451 g/mol. The fraction of sp³-hybridized carbons (Fsp3) is 0.192. The minimum Gasteiger partial charge on any atom is -0.504 e. The molecule has 0 amide bonds. The van der Waals surface area contributed by atoms with E-state index in [1.165, 1.54) is 30.3 Å². The molecule has 0 aliphatic rings. The molecule has 0 aliphatic carbocycles. The average Bonchev–Trinajstić information content (AvgIpc) is 3.13. The zero-order chi connectivity index (χ0) is 23.9. The van der Waals surface area contributed by atoms with Gasteiger partial charge in [0.1, 0.15) is 5.82 Å². The maximum absolute atomic E-state index is 14.5. The molecule has 0 spiro atoms. The number of methoxy groups -OCH3 is 1. The predicted molar refractivity (Wildman–Crippen MR) is 122 cm³/mol. The zero-order valence-electron chi connectivity index (χ0n) is 18.4. The van der Waals surface area contributed by atoms with Crippen LogP contribution in [0.25, 0.3) is 27.7 Å². The third kappa shape index (κ3) is 3.85. The van der Waals surface area contributed by atoms with Crippen LogP contribution in [0, 0.1) is 11.6 Å². The molecule has 2 N–H and O–H groups in total. The number of aromatic hydroxyl groups is 1. The van der Waals surface area contributed by atoms with Crippen molar-refractivity contribution in [2.24, 2.45) is 0 Å². The lowest BCUT2D eigenvalue weighted by molar-refractivity contribution is 0.0697. The summed E-state index contributed by atoms with van der Waals surface area (Å²) in [7, 11) is 1.57. The number of phenols is 1. The van der Waals surface area contributed by atoms with E-state index in [1.807, 2.05) is 18.4 Å². The molecule has 170 valence electrons. The highest BCUT2D eigenvalue weighted by atomic mass is 19.1. The third-order valence-electron chi connectivity index (χ3n) is 5.71. The van der Waals surface area contributed by atoms with E-state index in [9.17, 15) is 23.8 Å². The number of benzene rings is 3. The van der Waals surface area contributed by atoms with Crippen molar-refractivity contribution in [2.45, 2.75) is 19.3 Å². The summed E-state index contributed by atoms with van der Waals surface area (Å²) in [5.74, 6) is -2.76. The van der Waals surface area contributed by atoms with Gasteiger partial charge in [-0.15, -0.1) is 0 Å². The molecule has 5 nitrogen and oxygen atoms in total. The highest BCUT2D eigenvalue weighted by Crippen LogP contribution is 2.46. The molecule has 0 aliphatic heterocycles.